The van der Waals surface area contributed by atoms with Crippen LogP contribution in [-0.2, 0) is 0 Å². The maximum atomic E-state index is 3.55. The zero-order chi connectivity index (χ0) is 13.8. The maximum Gasteiger partial charge on any atom is 0.0386 e. The van der Waals surface area contributed by atoms with E-state index < -0.39 is 0 Å². The van der Waals surface area contributed by atoms with Gasteiger partial charge in [-0.05, 0) is 62.2 Å². The van der Waals surface area contributed by atoms with E-state index in [2.05, 4.69) is 72.3 Å². The Hall–Kier alpha value is -0.640. The molecule has 0 saturated heterocycles. The van der Waals surface area contributed by atoms with Gasteiger partial charge in [-0.2, -0.15) is 0 Å². The van der Waals surface area contributed by atoms with Gasteiger partial charge in [-0.25, -0.2) is 0 Å². The number of hydrogen-bond donors (Lipinski definition) is 1. The molecule has 0 aliphatic heterocycles. The van der Waals surface area contributed by atoms with Crippen molar-refractivity contribution >= 4 is 27.3 Å². The van der Waals surface area contributed by atoms with Crippen LogP contribution in [0.25, 0.3) is 10.4 Å². The highest BCUT2D eigenvalue weighted by Gasteiger charge is 2.09. The van der Waals surface area contributed by atoms with Gasteiger partial charge in [0.25, 0.3) is 0 Å². The number of rotatable bonds is 5. The molecule has 102 valence electrons. The molecule has 1 unspecified atom stereocenters. The third-order valence-corrected chi connectivity index (χ3v) is 5.40. The van der Waals surface area contributed by atoms with E-state index in [1.807, 2.05) is 11.3 Å². The maximum absolute atomic E-state index is 3.55. The van der Waals surface area contributed by atoms with Crippen molar-refractivity contribution in [3.8, 4) is 10.4 Å². The molecule has 1 heterocycles. The van der Waals surface area contributed by atoms with Gasteiger partial charge in [-0.1, -0.05) is 28.9 Å². The predicted molar refractivity (Wildman–Crippen MR) is 88.9 cm³/mol. The first-order valence-corrected chi connectivity index (χ1v) is 8.32. The highest BCUT2D eigenvalue weighted by atomic mass is 79.9. The summed E-state index contributed by atoms with van der Waals surface area (Å²) in [6, 6.07) is 11.5. The molecular formula is C16H20BrNS. The first-order chi connectivity index (χ1) is 9.11. The Morgan fingerprint density at radius 2 is 2.05 bits per heavy atom. The summed E-state index contributed by atoms with van der Waals surface area (Å²) < 4.78 is 1.17. The smallest absolute Gasteiger partial charge is 0.0386 e. The number of thiophene rings is 1. The fourth-order valence-corrected chi connectivity index (χ4v) is 3.28. The van der Waals surface area contributed by atoms with Gasteiger partial charge < -0.3 is 5.32 Å². The monoisotopic (exact) mass is 337 g/mol. The third kappa shape index (κ3) is 3.68. The van der Waals surface area contributed by atoms with Gasteiger partial charge in [0.05, 0.1) is 0 Å². The van der Waals surface area contributed by atoms with Gasteiger partial charge in [-0.3, -0.25) is 0 Å². The molecule has 2 aromatic rings. The minimum absolute atomic E-state index is 0.440. The number of hydrogen-bond acceptors (Lipinski definition) is 2. The number of nitrogens with one attached hydrogen (secondary N) is 1. The van der Waals surface area contributed by atoms with Crippen LogP contribution in [0.3, 0.4) is 0 Å². The lowest BCUT2D eigenvalue weighted by molar-refractivity contribution is 0.578. The summed E-state index contributed by atoms with van der Waals surface area (Å²) in [6.45, 7) is 7.64. The Kier molecular flexibility index (Phi) is 5.20. The van der Waals surface area contributed by atoms with E-state index in [1.165, 1.54) is 31.8 Å². The number of halogens is 1. The Bertz CT molecular complexity index is 547. The minimum atomic E-state index is 0.440. The van der Waals surface area contributed by atoms with Crippen LogP contribution in [0.2, 0.25) is 0 Å². The van der Waals surface area contributed by atoms with E-state index in [9.17, 15) is 0 Å². The Labute approximate surface area is 128 Å². The van der Waals surface area contributed by atoms with Crippen molar-refractivity contribution in [3.63, 3.8) is 0 Å². The average molecular weight is 338 g/mol. The SMILES string of the molecule is CCCNC(C)c1ccc(-c2ccc(Br)c(C)c2)s1. The summed E-state index contributed by atoms with van der Waals surface area (Å²) in [4.78, 5) is 2.75. The van der Waals surface area contributed by atoms with Crippen LogP contribution >= 0.6 is 27.3 Å². The molecule has 3 heteroatoms. The van der Waals surface area contributed by atoms with Crippen molar-refractivity contribution in [1.29, 1.82) is 0 Å². The van der Waals surface area contributed by atoms with E-state index in [-0.39, 0.29) is 0 Å². The summed E-state index contributed by atoms with van der Waals surface area (Å²) in [5.74, 6) is 0. The van der Waals surface area contributed by atoms with Crippen LogP contribution in [-0.4, -0.2) is 6.54 Å². The molecule has 1 aromatic heterocycles. The molecule has 1 aromatic carbocycles. The fourth-order valence-electron chi connectivity index (χ4n) is 2.00. The average Bonchev–Trinajstić information content (AvgIpc) is 2.89. The Morgan fingerprint density at radius 3 is 2.74 bits per heavy atom. The van der Waals surface area contributed by atoms with Crippen LogP contribution < -0.4 is 5.32 Å². The molecular weight excluding hydrogens is 318 g/mol. The molecule has 0 radical (unpaired) electrons. The lowest BCUT2D eigenvalue weighted by Crippen LogP contribution is -2.18. The van der Waals surface area contributed by atoms with Gasteiger partial charge in [-0.15, -0.1) is 11.3 Å². The molecule has 0 amide bonds. The fraction of sp³-hybridized carbons (Fsp3) is 0.375. The van der Waals surface area contributed by atoms with Gasteiger partial charge in [0.2, 0.25) is 0 Å². The zero-order valence-corrected chi connectivity index (χ0v) is 14.1. The molecule has 1 N–H and O–H groups in total. The molecule has 0 bridgehead atoms. The molecule has 1 atom stereocenters. The van der Waals surface area contributed by atoms with Gasteiger partial charge in [0, 0.05) is 20.3 Å². The highest BCUT2D eigenvalue weighted by molar-refractivity contribution is 9.10. The normalized spacial score (nSPS) is 12.6. The second kappa shape index (κ2) is 6.69. The molecule has 19 heavy (non-hydrogen) atoms. The van der Waals surface area contributed by atoms with Crippen molar-refractivity contribution in [2.45, 2.75) is 33.2 Å². The molecule has 0 aliphatic rings. The quantitative estimate of drug-likeness (QED) is 0.754. The first kappa shape index (κ1) is 14.8. The third-order valence-electron chi connectivity index (χ3n) is 3.20. The Balaban J connectivity index is 2.18. The first-order valence-electron chi connectivity index (χ1n) is 6.71. The largest absolute Gasteiger partial charge is 0.309 e. The van der Waals surface area contributed by atoms with E-state index in [0.29, 0.717) is 6.04 Å². The van der Waals surface area contributed by atoms with Crippen LogP contribution in [0.4, 0.5) is 0 Å². The van der Waals surface area contributed by atoms with Crippen molar-refractivity contribution in [1.82, 2.24) is 5.32 Å². The van der Waals surface area contributed by atoms with E-state index in [1.54, 1.807) is 0 Å². The topological polar surface area (TPSA) is 12.0 Å². The van der Waals surface area contributed by atoms with Crippen molar-refractivity contribution < 1.29 is 0 Å². The molecule has 0 saturated carbocycles. The highest BCUT2D eigenvalue weighted by Crippen LogP contribution is 2.33. The minimum Gasteiger partial charge on any atom is -0.309 e. The lowest BCUT2D eigenvalue weighted by atomic mass is 10.1. The lowest BCUT2D eigenvalue weighted by Gasteiger charge is -2.10. The van der Waals surface area contributed by atoms with E-state index in [4.69, 9.17) is 0 Å². The molecule has 0 fully saturated rings. The molecule has 0 spiro atoms. The number of benzene rings is 1. The summed E-state index contributed by atoms with van der Waals surface area (Å²) in [5, 5.41) is 3.54. The Morgan fingerprint density at radius 1 is 1.26 bits per heavy atom. The van der Waals surface area contributed by atoms with Crippen molar-refractivity contribution in [2.24, 2.45) is 0 Å². The van der Waals surface area contributed by atoms with Crippen molar-refractivity contribution in [3.05, 3.63) is 45.2 Å². The van der Waals surface area contributed by atoms with Crippen LogP contribution in [0.1, 0.15) is 36.8 Å². The summed E-state index contributed by atoms with van der Waals surface area (Å²) in [7, 11) is 0. The van der Waals surface area contributed by atoms with Crippen LogP contribution in [0.15, 0.2) is 34.8 Å². The van der Waals surface area contributed by atoms with Crippen molar-refractivity contribution in [2.75, 3.05) is 6.54 Å². The summed E-state index contributed by atoms with van der Waals surface area (Å²) in [5.41, 5.74) is 2.59. The van der Waals surface area contributed by atoms with Crippen LogP contribution in [0.5, 0.6) is 0 Å². The summed E-state index contributed by atoms with van der Waals surface area (Å²) in [6.07, 6.45) is 1.18. The van der Waals surface area contributed by atoms with Gasteiger partial charge >= 0.3 is 0 Å². The second-order valence-electron chi connectivity index (χ2n) is 4.84. The van der Waals surface area contributed by atoms with E-state index in [0.717, 1.165) is 6.54 Å². The predicted octanol–water partition coefficient (Wildman–Crippen LogP) is 5.55. The van der Waals surface area contributed by atoms with Gasteiger partial charge in [0.1, 0.15) is 0 Å². The standard InChI is InChI=1S/C16H20BrNS/c1-4-9-18-12(3)15-7-8-16(19-15)13-5-6-14(17)11(2)10-13/h5-8,10,12,18H,4,9H2,1-3H3. The second-order valence-corrected chi connectivity index (χ2v) is 6.81. The zero-order valence-electron chi connectivity index (χ0n) is 11.7. The van der Waals surface area contributed by atoms with Gasteiger partial charge in [0.15, 0.2) is 0 Å². The summed E-state index contributed by atoms with van der Waals surface area (Å²) >= 11 is 5.43. The van der Waals surface area contributed by atoms with E-state index >= 15 is 0 Å². The molecule has 1 nitrogen and oxygen atoms in total. The van der Waals surface area contributed by atoms with Crippen LogP contribution in [0, 0.1) is 6.92 Å². The molecule has 0 aliphatic carbocycles. The molecule has 2 rings (SSSR count). The number of aryl methyl sites for hydroxylation is 1.